The topological polar surface area (TPSA) is 113 Å². The molecule has 3 aromatic rings. The molecule has 9 nitrogen and oxygen atoms in total. The van der Waals surface area contributed by atoms with Crippen molar-refractivity contribution in [3.05, 3.63) is 64.4 Å². The van der Waals surface area contributed by atoms with E-state index in [4.69, 9.17) is 0 Å². The highest BCUT2D eigenvalue weighted by atomic mass is 32.1. The minimum Gasteiger partial charge on any atom is -0.295 e. The van der Waals surface area contributed by atoms with E-state index in [9.17, 15) is 19.2 Å². The molecule has 0 spiro atoms. The molecule has 6 rings (SSSR count). The van der Waals surface area contributed by atoms with Gasteiger partial charge in [0.05, 0.1) is 11.1 Å². The van der Waals surface area contributed by atoms with Crippen LogP contribution in [0.3, 0.4) is 0 Å². The number of benzene rings is 1. The lowest BCUT2D eigenvalue weighted by molar-refractivity contribution is -0.136. The van der Waals surface area contributed by atoms with Gasteiger partial charge in [0, 0.05) is 37.6 Å². The van der Waals surface area contributed by atoms with Crippen molar-refractivity contribution >= 4 is 50.8 Å². The Morgan fingerprint density at radius 1 is 1.06 bits per heavy atom. The quantitative estimate of drug-likeness (QED) is 0.562. The summed E-state index contributed by atoms with van der Waals surface area (Å²) in [6.07, 6.45) is 5.08. The predicted molar refractivity (Wildman–Crippen MR) is 128 cm³/mol. The first kappa shape index (κ1) is 21.8. The third-order valence-corrected chi connectivity index (χ3v) is 7.52. The number of thiophene rings is 1. The lowest BCUT2D eigenvalue weighted by Gasteiger charge is -2.27. The zero-order valence-corrected chi connectivity index (χ0v) is 19.5. The van der Waals surface area contributed by atoms with Gasteiger partial charge >= 0.3 is 0 Å². The first-order valence-electron chi connectivity index (χ1n) is 11.4. The lowest BCUT2D eigenvalue weighted by Crippen LogP contribution is -2.54. The van der Waals surface area contributed by atoms with Crippen LogP contribution in [-0.2, 0) is 16.1 Å². The Morgan fingerprint density at radius 2 is 1.91 bits per heavy atom. The molecule has 3 aliphatic rings. The van der Waals surface area contributed by atoms with E-state index in [-0.39, 0.29) is 18.7 Å². The van der Waals surface area contributed by atoms with E-state index in [2.05, 4.69) is 26.3 Å². The fraction of sp³-hybridized carbons (Fsp3) is 0.280. The van der Waals surface area contributed by atoms with E-state index in [1.165, 1.54) is 0 Å². The molecule has 176 valence electrons. The number of hydrogen-bond acceptors (Lipinski definition) is 8. The van der Waals surface area contributed by atoms with Crippen LogP contribution in [-0.4, -0.2) is 62.5 Å². The highest BCUT2D eigenvalue weighted by molar-refractivity contribution is 7.16. The Bertz CT molecular complexity index is 1440. The second-order valence-electron chi connectivity index (χ2n) is 8.92. The highest BCUT2D eigenvalue weighted by Gasteiger charge is 2.44. The Labute approximate surface area is 204 Å². The predicted octanol–water partition coefficient (Wildman–Crippen LogP) is 2.38. The van der Waals surface area contributed by atoms with Gasteiger partial charge in [-0.1, -0.05) is 12.1 Å². The number of hydrogen-bond donors (Lipinski definition) is 1. The van der Waals surface area contributed by atoms with Crippen LogP contribution in [0.2, 0.25) is 0 Å². The van der Waals surface area contributed by atoms with Gasteiger partial charge in [0.25, 0.3) is 11.8 Å². The summed E-state index contributed by atoms with van der Waals surface area (Å²) < 4.78 is 0. The smallest absolute Gasteiger partial charge is 0.262 e. The van der Waals surface area contributed by atoms with Crippen LogP contribution in [0.4, 0.5) is 0 Å². The fourth-order valence-electron chi connectivity index (χ4n) is 4.84. The van der Waals surface area contributed by atoms with Crippen molar-refractivity contribution in [3.8, 4) is 0 Å². The Morgan fingerprint density at radius 3 is 2.71 bits per heavy atom. The standard InChI is InChI=1S/C25H21N5O4S/c31-20-4-3-19(22(32)27-20)30-24(33)17-2-1-14(11-18(17)25(30)34)13-29-8-5-15(6-9-29)21-26-12-16-7-10-35-23(16)28-21/h1-2,5,7,10-12,19H,3-4,6,8-9,13H2,(H,27,31,32). The van der Waals surface area contributed by atoms with Gasteiger partial charge in [-0.25, -0.2) is 9.97 Å². The Hall–Kier alpha value is -3.76. The molecule has 1 aromatic carbocycles. The van der Waals surface area contributed by atoms with Gasteiger partial charge in [-0.15, -0.1) is 11.3 Å². The van der Waals surface area contributed by atoms with Crippen LogP contribution in [0.5, 0.6) is 0 Å². The van der Waals surface area contributed by atoms with Crippen molar-refractivity contribution in [2.45, 2.75) is 31.8 Å². The molecular formula is C25H21N5O4S. The fourth-order valence-corrected chi connectivity index (χ4v) is 5.58. The van der Waals surface area contributed by atoms with E-state index in [0.29, 0.717) is 17.7 Å². The van der Waals surface area contributed by atoms with Crippen LogP contribution in [0.25, 0.3) is 15.8 Å². The maximum absolute atomic E-state index is 13.1. The molecule has 3 aliphatic heterocycles. The van der Waals surface area contributed by atoms with E-state index < -0.39 is 23.8 Å². The second-order valence-corrected chi connectivity index (χ2v) is 9.81. The van der Waals surface area contributed by atoms with Crippen LogP contribution in [0.15, 0.2) is 41.9 Å². The molecule has 4 amide bonds. The summed E-state index contributed by atoms with van der Waals surface area (Å²) in [4.78, 5) is 63.1. The van der Waals surface area contributed by atoms with E-state index >= 15 is 0 Å². The largest absolute Gasteiger partial charge is 0.295 e. The van der Waals surface area contributed by atoms with Gasteiger partial charge in [0.2, 0.25) is 11.8 Å². The molecule has 0 radical (unpaired) electrons. The third kappa shape index (κ3) is 3.84. The monoisotopic (exact) mass is 487 g/mol. The molecule has 0 saturated carbocycles. The number of nitrogens with zero attached hydrogens (tertiary/aromatic N) is 4. The van der Waals surface area contributed by atoms with E-state index in [1.807, 2.05) is 23.7 Å². The molecule has 1 fully saturated rings. The summed E-state index contributed by atoms with van der Waals surface area (Å²) in [6.45, 7) is 2.18. The molecule has 0 bridgehead atoms. The van der Waals surface area contributed by atoms with E-state index in [1.54, 1.807) is 23.5 Å². The molecule has 35 heavy (non-hydrogen) atoms. The van der Waals surface area contributed by atoms with Crippen molar-refractivity contribution < 1.29 is 19.2 Å². The molecular weight excluding hydrogens is 466 g/mol. The third-order valence-electron chi connectivity index (χ3n) is 6.70. The SMILES string of the molecule is O=C1CCC(N2C(=O)c3ccc(CN4CC=C(c5ncc6ccsc6n5)CC4)cc3C2=O)C(=O)N1. The maximum atomic E-state index is 13.1. The van der Waals surface area contributed by atoms with Gasteiger partial charge < -0.3 is 0 Å². The number of piperidine rings is 1. The molecule has 1 N–H and O–H groups in total. The summed E-state index contributed by atoms with van der Waals surface area (Å²) >= 11 is 1.61. The number of carbonyl (C=O) groups is 4. The summed E-state index contributed by atoms with van der Waals surface area (Å²) in [6, 6.07) is 6.32. The van der Waals surface area contributed by atoms with Crippen LogP contribution in [0.1, 0.15) is 51.4 Å². The minimum atomic E-state index is -0.954. The molecule has 5 heterocycles. The average molecular weight is 488 g/mol. The summed E-state index contributed by atoms with van der Waals surface area (Å²) in [5.41, 5.74) is 2.66. The van der Waals surface area contributed by atoms with Crippen LogP contribution >= 0.6 is 11.3 Å². The zero-order chi connectivity index (χ0) is 24.1. The normalized spacial score (nSPS) is 20.9. The molecule has 1 unspecified atom stereocenters. The van der Waals surface area contributed by atoms with Gasteiger partial charge in [-0.3, -0.25) is 34.3 Å². The van der Waals surface area contributed by atoms with Crippen molar-refractivity contribution in [3.63, 3.8) is 0 Å². The maximum Gasteiger partial charge on any atom is 0.262 e. The molecule has 0 aliphatic carbocycles. The molecule has 1 saturated heterocycles. The zero-order valence-electron chi connectivity index (χ0n) is 18.7. The minimum absolute atomic E-state index is 0.103. The first-order valence-corrected chi connectivity index (χ1v) is 12.3. The number of amides is 4. The Kier molecular flexibility index (Phi) is 5.27. The summed E-state index contributed by atoms with van der Waals surface area (Å²) in [7, 11) is 0. The summed E-state index contributed by atoms with van der Waals surface area (Å²) in [5.74, 6) is -1.19. The number of aromatic nitrogens is 2. The van der Waals surface area contributed by atoms with Crippen molar-refractivity contribution in [1.82, 2.24) is 25.1 Å². The van der Waals surface area contributed by atoms with Gasteiger partial charge in [0.1, 0.15) is 10.9 Å². The number of rotatable bonds is 4. The number of imide groups is 2. The lowest BCUT2D eigenvalue weighted by atomic mass is 10.0. The van der Waals surface area contributed by atoms with Crippen molar-refractivity contribution in [2.75, 3.05) is 13.1 Å². The average Bonchev–Trinajstić information content (AvgIpc) is 3.42. The molecule has 2 aromatic heterocycles. The van der Waals surface area contributed by atoms with E-state index in [0.717, 1.165) is 51.6 Å². The Balaban J connectivity index is 1.16. The second kappa shape index (κ2) is 8.47. The number of fused-ring (bicyclic) bond motifs is 2. The molecule has 1 atom stereocenters. The van der Waals surface area contributed by atoms with Crippen LogP contribution in [0, 0.1) is 0 Å². The molecule has 10 heteroatoms. The van der Waals surface area contributed by atoms with Crippen molar-refractivity contribution in [1.29, 1.82) is 0 Å². The number of carbonyl (C=O) groups excluding carboxylic acids is 4. The van der Waals surface area contributed by atoms with Gasteiger partial charge in [-0.05, 0) is 47.6 Å². The van der Waals surface area contributed by atoms with Crippen molar-refractivity contribution in [2.24, 2.45) is 0 Å². The first-order chi connectivity index (χ1) is 17.0. The highest BCUT2D eigenvalue weighted by Crippen LogP contribution is 2.29. The number of nitrogens with one attached hydrogen (secondary N) is 1. The van der Waals surface area contributed by atoms with Gasteiger partial charge in [-0.2, -0.15) is 0 Å². The van der Waals surface area contributed by atoms with Crippen LogP contribution < -0.4 is 5.32 Å². The summed E-state index contributed by atoms with van der Waals surface area (Å²) in [5, 5.41) is 5.28. The van der Waals surface area contributed by atoms with Gasteiger partial charge in [0.15, 0.2) is 5.82 Å².